The fourth-order valence-corrected chi connectivity index (χ4v) is 3.52. The lowest BCUT2D eigenvalue weighted by Crippen LogP contribution is -2.03. The highest BCUT2D eigenvalue weighted by molar-refractivity contribution is 7.99. The highest BCUT2D eigenvalue weighted by atomic mass is 32.2. The van der Waals surface area contributed by atoms with Gasteiger partial charge in [0.05, 0.1) is 10.5 Å². The zero-order valence-electron chi connectivity index (χ0n) is 14.7. The number of non-ortho nitro benzene ring substituents is 1. The highest BCUT2D eigenvalue weighted by Crippen LogP contribution is 2.38. The SMILES string of the molecule is Cc1ccc(Sc2nc(N)c(C#N)c(-c3ccc([N+](=O)[O-])cc3)c2C#N)cc1. The summed E-state index contributed by atoms with van der Waals surface area (Å²) < 4.78 is 0. The monoisotopic (exact) mass is 387 g/mol. The van der Waals surface area contributed by atoms with Gasteiger partial charge in [0.15, 0.2) is 0 Å². The Balaban J connectivity index is 2.19. The molecule has 2 N–H and O–H groups in total. The number of nitrogens with zero attached hydrogens (tertiary/aromatic N) is 4. The summed E-state index contributed by atoms with van der Waals surface area (Å²) in [6, 6.07) is 17.4. The summed E-state index contributed by atoms with van der Waals surface area (Å²) in [5, 5.41) is 30.6. The van der Waals surface area contributed by atoms with E-state index < -0.39 is 4.92 Å². The number of nitrogens with two attached hydrogens (primary N) is 1. The number of nitrogen functional groups attached to an aromatic ring is 1. The predicted molar refractivity (Wildman–Crippen MR) is 105 cm³/mol. The summed E-state index contributed by atoms with van der Waals surface area (Å²) in [6.07, 6.45) is 0. The molecule has 0 fully saturated rings. The molecule has 0 spiro atoms. The quantitative estimate of drug-likeness (QED) is 0.517. The number of hydrogen-bond donors (Lipinski definition) is 1. The first-order chi connectivity index (χ1) is 13.4. The summed E-state index contributed by atoms with van der Waals surface area (Å²) in [7, 11) is 0. The van der Waals surface area contributed by atoms with Crippen molar-refractivity contribution in [3.63, 3.8) is 0 Å². The number of pyridine rings is 1. The predicted octanol–water partition coefficient (Wildman–Crippen LogP) is 4.44. The van der Waals surface area contributed by atoms with Gasteiger partial charge in [0.2, 0.25) is 0 Å². The summed E-state index contributed by atoms with van der Waals surface area (Å²) in [5.41, 5.74) is 8.07. The molecule has 7 nitrogen and oxygen atoms in total. The van der Waals surface area contributed by atoms with Gasteiger partial charge in [-0.15, -0.1) is 0 Å². The second kappa shape index (κ2) is 7.78. The number of aromatic nitrogens is 1. The van der Waals surface area contributed by atoms with E-state index in [0.717, 1.165) is 10.5 Å². The Labute approximate surface area is 165 Å². The number of aryl methyl sites for hydroxylation is 1. The molecule has 0 unspecified atom stereocenters. The maximum Gasteiger partial charge on any atom is 0.269 e. The third-order valence-electron chi connectivity index (χ3n) is 4.02. The van der Waals surface area contributed by atoms with Gasteiger partial charge in [-0.05, 0) is 36.8 Å². The van der Waals surface area contributed by atoms with Crippen LogP contribution in [0.15, 0.2) is 58.5 Å². The summed E-state index contributed by atoms with van der Waals surface area (Å²) in [4.78, 5) is 15.5. The maximum absolute atomic E-state index is 10.9. The first-order valence-corrected chi connectivity index (χ1v) is 8.89. The van der Waals surface area contributed by atoms with E-state index >= 15 is 0 Å². The lowest BCUT2D eigenvalue weighted by molar-refractivity contribution is -0.384. The van der Waals surface area contributed by atoms with Gasteiger partial charge in [0, 0.05) is 22.6 Å². The molecule has 136 valence electrons. The van der Waals surface area contributed by atoms with Crippen molar-refractivity contribution >= 4 is 23.3 Å². The van der Waals surface area contributed by atoms with Crippen LogP contribution in [0, 0.1) is 39.7 Å². The molecule has 0 atom stereocenters. The van der Waals surface area contributed by atoms with Gasteiger partial charge in [-0.25, -0.2) is 4.98 Å². The Morgan fingerprint density at radius 1 is 1.04 bits per heavy atom. The minimum Gasteiger partial charge on any atom is -0.383 e. The number of hydrogen-bond acceptors (Lipinski definition) is 7. The smallest absolute Gasteiger partial charge is 0.269 e. The Morgan fingerprint density at radius 2 is 1.64 bits per heavy atom. The van der Waals surface area contributed by atoms with Crippen molar-refractivity contribution in [2.24, 2.45) is 0 Å². The third-order valence-corrected chi connectivity index (χ3v) is 5.01. The molecule has 0 aliphatic carbocycles. The van der Waals surface area contributed by atoms with E-state index in [9.17, 15) is 20.6 Å². The highest BCUT2D eigenvalue weighted by Gasteiger charge is 2.21. The third kappa shape index (κ3) is 3.63. The minimum atomic E-state index is -0.514. The van der Waals surface area contributed by atoms with Crippen molar-refractivity contribution in [3.8, 4) is 23.3 Å². The van der Waals surface area contributed by atoms with Gasteiger partial charge < -0.3 is 5.73 Å². The molecule has 8 heteroatoms. The molecule has 3 aromatic rings. The summed E-state index contributed by atoms with van der Waals surface area (Å²) in [5.74, 6) is 0.00413. The lowest BCUT2D eigenvalue weighted by atomic mass is 9.97. The van der Waals surface area contributed by atoms with Crippen LogP contribution in [0.2, 0.25) is 0 Å². The zero-order chi connectivity index (χ0) is 20.3. The van der Waals surface area contributed by atoms with Crippen LogP contribution >= 0.6 is 11.8 Å². The maximum atomic E-state index is 10.9. The Morgan fingerprint density at radius 3 is 2.18 bits per heavy atom. The molecule has 2 aromatic carbocycles. The van der Waals surface area contributed by atoms with Crippen LogP contribution in [0.25, 0.3) is 11.1 Å². The molecule has 0 saturated carbocycles. The standard InChI is InChI=1S/C20H13N5O2S/c1-12-2-8-15(9-3-12)28-20-17(11-22)18(16(10-21)19(23)24-20)13-4-6-14(7-5-13)25(26)27/h2-9H,1H3,(H2,23,24). The number of rotatable bonds is 4. The Bertz CT molecular complexity index is 1140. The molecular weight excluding hydrogens is 374 g/mol. The van der Waals surface area contributed by atoms with Crippen LogP contribution in [0.4, 0.5) is 11.5 Å². The van der Waals surface area contributed by atoms with Crippen LogP contribution < -0.4 is 5.73 Å². The summed E-state index contributed by atoms with van der Waals surface area (Å²) in [6.45, 7) is 1.97. The molecule has 28 heavy (non-hydrogen) atoms. The van der Waals surface area contributed by atoms with Crippen molar-refractivity contribution in [1.82, 2.24) is 4.98 Å². The Kier molecular flexibility index (Phi) is 5.25. The van der Waals surface area contributed by atoms with Gasteiger partial charge in [-0.2, -0.15) is 10.5 Å². The largest absolute Gasteiger partial charge is 0.383 e. The topological polar surface area (TPSA) is 130 Å². The van der Waals surface area contributed by atoms with Crippen LogP contribution in [-0.4, -0.2) is 9.91 Å². The van der Waals surface area contributed by atoms with Gasteiger partial charge in [0.1, 0.15) is 28.5 Å². The van der Waals surface area contributed by atoms with Gasteiger partial charge in [0.25, 0.3) is 5.69 Å². The number of nitro benzene ring substituents is 1. The van der Waals surface area contributed by atoms with Crippen LogP contribution in [0.3, 0.4) is 0 Å². The molecule has 0 bridgehead atoms. The van der Waals surface area contributed by atoms with Crippen LogP contribution in [-0.2, 0) is 0 Å². The van der Waals surface area contributed by atoms with E-state index in [2.05, 4.69) is 11.1 Å². The van der Waals surface area contributed by atoms with E-state index in [1.165, 1.54) is 36.0 Å². The van der Waals surface area contributed by atoms with E-state index in [-0.39, 0.29) is 22.6 Å². The van der Waals surface area contributed by atoms with E-state index in [0.29, 0.717) is 16.2 Å². The second-order valence-corrected chi connectivity index (χ2v) is 6.93. The van der Waals surface area contributed by atoms with Crippen molar-refractivity contribution in [2.45, 2.75) is 16.8 Å². The average Bonchev–Trinajstić information content (AvgIpc) is 2.69. The zero-order valence-corrected chi connectivity index (χ0v) is 15.5. The molecule has 0 aliphatic rings. The molecule has 0 aliphatic heterocycles. The molecule has 0 amide bonds. The fourth-order valence-electron chi connectivity index (χ4n) is 2.63. The van der Waals surface area contributed by atoms with Gasteiger partial charge >= 0.3 is 0 Å². The molecular formula is C20H13N5O2S. The van der Waals surface area contributed by atoms with Crippen LogP contribution in [0.1, 0.15) is 16.7 Å². The first kappa shape index (κ1) is 18.9. The normalized spacial score (nSPS) is 10.1. The number of nitro groups is 1. The molecule has 0 saturated heterocycles. The lowest BCUT2D eigenvalue weighted by Gasteiger charge is -2.13. The molecule has 1 heterocycles. The number of benzene rings is 2. The number of nitriles is 2. The molecule has 1 aromatic heterocycles. The van der Waals surface area contributed by atoms with Crippen molar-refractivity contribution in [3.05, 3.63) is 75.3 Å². The van der Waals surface area contributed by atoms with E-state index in [4.69, 9.17) is 5.73 Å². The van der Waals surface area contributed by atoms with Gasteiger partial charge in [-0.3, -0.25) is 10.1 Å². The van der Waals surface area contributed by atoms with E-state index in [1.54, 1.807) is 0 Å². The van der Waals surface area contributed by atoms with Crippen molar-refractivity contribution in [1.29, 1.82) is 10.5 Å². The molecule has 0 radical (unpaired) electrons. The second-order valence-electron chi connectivity index (χ2n) is 5.87. The van der Waals surface area contributed by atoms with Crippen molar-refractivity contribution in [2.75, 3.05) is 5.73 Å². The van der Waals surface area contributed by atoms with Gasteiger partial charge in [-0.1, -0.05) is 29.5 Å². The number of anilines is 1. The average molecular weight is 387 g/mol. The first-order valence-electron chi connectivity index (χ1n) is 8.07. The summed E-state index contributed by atoms with van der Waals surface area (Å²) >= 11 is 1.27. The van der Waals surface area contributed by atoms with E-state index in [1.807, 2.05) is 37.3 Å². The fraction of sp³-hybridized carbons (Fsp3) is 0.0500. The van der Waals surface area contributed by atoms with Crippen LogP contribution in [0.5, 0.6) is 0 Å². The molecule has 3 rings (SSSR count). The van der Waals surface area contributed by atoms with Crippen molar-refractivity contribution < 1.29 is 4.92 Å². The minimum absolute atomic E-state index is 0.00413. The Hall–Kier alpha value is -3.88.